The first kappa shape index (κ1) is 12.8. The molecule has 0 radical (unpaired) electrons. The topological polar surface area (TPSA) is 29.0 Å². The van der Waals surface area contributed by atoms with Gasteiger partial charge in [-0.15, -0.1) is 0 Å². The van der Waals surface area contributed by atoms with Gasteiger partial charge in [-0.25, -0.2) is 9.97 Å². The summed E-state index contributed by atoms with van der Waals surface area (Å²) in [6.45, 7) is 4.32. The first-order valence-corrected chi connectivity index (χ1v) is 7.62. The monoisotopic (exact) mass is 297 g/mol. The van der Waals surface area contributed by atoms with Crippen LogP contribution < -0.4 is 4.90 Å². The van der Waals surface area contributed by atoms with E-state index < -0.39 is 0 Å². The van der Waals surface area contributed by atoms with Crippen molar-refractivity contribution in [2.24, 2.45) is 0 Å². The summed E-state index contributed by atoms with van der Waals surface area (Å²) in [7, 11) is 0. The average molecular weight is 298 g/mol. The van der Waals surface area contributed by atoms with E-state index in [1.807, 2.05) is 0 Å². The summed E-state index contributed by atoms with van der Waals surface area (Å²) in [4.78, 5) is 11.3. The molecule has 0 fully saturated rings. The summed E-state index contributed by atoms with van der Waals surface area (Å²) < 4.78 is 0. The zero-order chi connectivity index (χ0) is 12.1. The van der Waals surface area contributed by atoms with Crippen molar-refractivity contribution in [1.29, 1.82) is 0 Å². The zero-order valence-electron chi connectivity index (χ0n) is 10.5. The van der Waals surface area contributed by atoms with Gasteiger partial charge in [-0.2, -0.15) is 0 Å². The number of rotatable bonds is 5. The molecule has 0 saturated heterocycles. The van der Waals surface area contributed by atoms with Gasteiger partial charge in [0.25, 0.3) is 0 Å². The van der Waals surface area contributed by atoms with Gasteiger partial charge in [0.05, 0.1) is 0 Å². The molecule has 3 nitrogen and oxygen atoms in total. The fourth-order valence-electron chi connectivity index (χ4n) is 2.47. The standard InChI is InChI=1S/C13H20BrN3/c1-2-8-17(9-7-14)13-11-5-3-4-6-12(11)15-10-16-13/h10H,2-9H2,1H3. The average Bonchev–Trinajstić information content (AvgIpc) is 2.38. The van der Waals surface area contributed by atoms with Crippen molar-refractivity contribution >= 4 is 21.7 Å². The molecule has 1 aromatic rings. The second kappa shape index (κ2) is 6.34. The first-order chi connectivity index (χ1) is 8.36. The van der Waals surface area contributed by atoms with Crippen molar-refractivity contribution in [1.82, 2.24) is 9.97 Å². The number of aromatic nitrogens is 2. The smallest absolute Gasteiger partial charge is 0.135 e. The number of fused-ring (bicyclic) bond motifs is 1. The minimum absolute atomic E-state index is 0.992. The van der Waals surface area contributed by atoms with E-state index in [0.717, 1.165) is 37.7 Å². The zero-order valence-corrected chi connectivity index (χ0v) is 12.0. The number of anilines is 1. The van der Waals surface area contributed by atoms with Gasteiger partial charge >= 0.3 is 0 Å². The summed E-state index contributed by atoms with van der Waals surface area (Å²) in [5, 5.41) is 0.992. The molecule has 2 rings (SSSR count). The molecule has 0 saturated carbocycles. The molecule has 0 spiro atoms. The molecule has 94 valence electrons. The third kappa shape index (κ3) is 2.97. The number of nitrogens with zero attached hydrogens (tertiary/aromatic N) is 3. The van der Waals surface area contributed by atoms with Crippen molar-refractivity contribution in [3.8, 4) is 0 Å². The van der Waals surface area contributed by atoms with Gasteiger partial charge in [-0.05, 0) is 32.1 Å². The van der Waals surface area contributed by atoms with Gasteiger partial charge in [0.15, 0.2) is 0 Å². The largest absolute Gasteiger partial charge is 0.355 e. The Bertz CT molecular complexity index is 362. The maximum Gasteiger partial charge on any atom is 0.135 e. The Morgan fingerprint density at radius 2 is 2.06 bits per heavy atom. The third-order valence-electron chi connectivity index (χ3n) is 3.25. The normalized spacial score (nSPS) is 14.5. The molecule has 0 aromatic carbocycles. The number of halogens is 1. The highest BCUT2D eigenvalue weighted by Crippen LogP contribution is 2.27. The molecule has 0 bridgehead atoms. The fourth-order valence-corrected chi connectivity index (χ4v) is 2.90. The predicted octanol–water partition coefficient (Wildman–Crippen LogP) is 2.97. The summed E-state index contributed by atoms with van der Waals surface area (Å²) in [6, 6.07) is 0. The molecule has 0 aliphatic heterocycles. The van der Waals surface area contributed by atoms with Crippen LogP contribution in [0.4, 0.5) is 5.82 Å². The Kier molecular flexibility index (Phi) is 4.77. The van der Waals surface area contributed by atoms with Gasteiger partial charge in [0.2, 0.25) is 0 Å². The Morgan fingerprint density at radius 1 is 1.24 bits per heavy atom. The van der Waals surface area contributed by atoms with Crippen LogP contribution in [-0.4, -0.2) is 28.4 Å². The molecule has 1 aliphatic rings. The molecule has 1 aliphatic carbocycles. The Morgan fingerprint density at radius 3 is 2.82 bits per heavy atom. The fraction of sp³-hybridized carbons (Fsp3) is 0.692. The molecule has 0 unspecified atom stereocenters. The molecule has 0 N–H and O–H groups in total. The van der Waals surface area contributed by atoms with Gasteiger partial charge in [0, 0.05) is 29.7 Å². The lowest BCUT2D eigenvalue weighted by molar-refractivity contribution is 0.653. The molecule has 0 amide bonds. The van der Waals surface area contributed by atoms with E-state index in [4.69, 9.17) is 0 Å². The van der Waals surface area contributed by atoms with E-state index in [9.17, 15) is 0 Å². The highest BCUT2D eigenvalue weighted by Gasteiger charge is 2.18. The number of hydrogen-bond acceptors (Lipinski definition) is 3. The first-order valence-electron chi connectivity index (χ1n) is 6.50. The number of aryl methyl sites for hydroxylation is 1. The van der Waals surface area contributed by atoms with E-state index in [1.54, 1.807) is 6.33 Å². The van der Waals surface area contributed by atoms with E-state index in [1.165, 1.54) is 29.9 Å². The van der Waals surface area contributed by atoms with Crippen LogP contribution >= 0.6 is 15.9 Å². The van der Waals surface area contributed by atoms with Crippen LogP contribution in [0.2, 0.25) is 0 Å². The van der Waals surface area contributed by atoms with E-state index in [0.29, 0.717) is 0 Å². The number of alkyl halides is 1. The summed E-state index contributed by atoms with van der Waals surface area (Å²) in [6.07, 6.45) is 7.71. The van der Waals surface area contributed by atoms with Crippen molar-refractivity contribution in [2.45, 2.75) is 39.0 Å². The summed E-state index contributed by atoms with van der Waals surface area (Å²) in [5.74, 6) is 1.18. The van der Waals surface area contributed by atoms with Crippen LogP contribution in [0.5, 0.6) is 0 Å². The lowest BCUT2D eigenvalue weighted by Gasteiger charge is -2.27. The van der Waals surface area contributed by atoms with Crippen LogP contribution in [0.3, 0.4) is 0 Å². The minimum Gasteiger partial charge on any atom is -0.355 e. The van der Waals surface area contributed by atoms with Gasteiger partial charge in [-0.3, -0.25) is 0 Å². The summed E-state index contributed by atoms with van der Waals surface area (Å²) >= 11 is 3.53. The van der Waals surface area contributed by atoms with Crippen LogP contribution in [-0.2, 0) is 12.8 Å². The van der Waals surface area contributed by atoms with Crippen LogP contribution in [0, 0.1) is 0 Å². The van der Waals surface area contributed by atoms with Gasteiger partial charge < -0.3 is 4.90 Å². The predicted molar refractivity (Wildman–Crippen MR) is 75.0 cm³/mol. The Labute approximate surface area is 112 Å². The van der Waals surface area contributed by atoms with Crippen molar-refractivity contribution in [2.75, 3.05) is 23.3 Å². The van der Waals surface area contributed by atoms with Gasteiger partial charge in [-0.1, -0.05) is 22.9 Å². The maximum absolute atomic E-state index is 4.52. The SMILES string of the molecule is CCCN(CCBr)c1ncnc2c1CCCC2. The number of hydrogen-bond donors (Lipinski definition) is 0. The van der Waals surface area contributed by atoms with Crippen molar-refractivity contribution in [3.05, 3.63) is 17.6 Å². The van der Waals surface area contributed by atoms with Crippen molar-refractivity contribution < 1.29 is 0 Å². The maximum atomic E-state index is 4.52. The lowest BCUT2D eigenvalue weighted by atomic mass is 9.96. The molecular weight excluding hydrogens is 278 g/mol. The van der Waals surface area contributed by atoms with Crippen molar-refractivity contribution in [3.63, 3.8) is 0 Å². The quantitative estimate of drug-likeness (QED) is 0.783. The Hall–Kier alpha value is -0.640. The second-order valence-corrected chi connectivity index (χ2v) is 5.30. The molecule has 4 heteroatoms. The highest BCUT2D eigenvalue weighted by atomic mass is 79.9. The van der Waals surface area contributed by atoms with Crippen LogP contribution in [0.15, 0.2) is 6.33 Å². The molecular formula is C13H20BrN3. The molecule has 0 atom stereocenters. The van der Waals surface area contributed by atoms with E-state index in [-0.39, 0.29) is 0 Å². The lowest BCUT2D eigenvalue weighted by Crippen LogP contribution is -2.29. The van der Waals surface area contributed by atoms with E-state index in [2.05, 4.69) is 37.7 Å². The van der Waals surface area contributed by atoms with Crippen LogP contribution in [0.1, 0.15) is 37.4 Å². The molecule has 1 heterocycles. The minimum atomic E-state index is 0.992. The second-order valence-electron chi connectivity index (χ2n) is 4.51. The molecule has 1 aromatic heterocycles. The van der Waals surface area contributed by atoms with E-state index >= 15 is 0 Å². The molecule has 17 heavy (non-hydrogen) atoms. The van der Waals surface area contributed by atoms with Gasteiger partial charge in [0.1, 0.15) is 12.1 Å². The summed E-state index contributed by atoms with van der Waals surface area (Å²) in [5.41, 5.74) is 2.67. The highest BCUT2D eigenvalue weighted by molar-refractivity contribution is 9.09. The Balaban J connectivity index is 2.28. The third-order valence-corrected chi connectivity index (χ3v) is 3.60. The van der Waals surface area contributed by atoms with Crippen LogP contribution in [0.25, 0.3) is 0 Å².